The summed E-state index contributed by atoms with van der Waals surface area (Å²) in [6.45, 7) is 2.82. The van der Waals surface area contributed by atoms with Gasteiger partial charge in [0, 0.05) is 48.8 Å². The first-order valence-electron chi connectivity index (χ1n) is 4.62. The van der Waals surface area contributed by atoms with Crippen molar-refractivity contribution >= 4 is 10.8 Å². The number of hydrogen-bond acceptors (Lipinski definition) is 3. The third kappa shape index (κ3) is 3.23. The van der Waals surface area contributed by atoms with E-state index in [9.17, 15) is 4.21 Å². The zero-order valence-electron chi connectivity index (χ0n) is 8.86. The van der Waals surface area contributed by atoms with Crippen LogP contribution in [0.4, 0.5) is 0 Å². The maximum absolute atomic E-state index is 10.8. The fraction of sp³-hybridized carbons (Fsp3) is 0.667. The average molecular weight is 215 g/mol. The Labute approximate surface area is 87.2 Å². The van der Waals surface area contributed by atoms with E-state index in [0.717, 1.165) is 12.4 Å². The van der Waals surface area contributed by atoms with Crippen LogP contribution >= 0.6 is 0 Å². The summed E-state index contributed by atoms with van der Waals surface area (Å²) in [6, 6.07) is 0.207. The van der Waals surface area contributed by atoms with Gasteiger partial charge < -0.3 is 9.88 Å². The van der Waals surface area contributed by atoms with Crippen LogP contribution in [0.25, 0.3) is 0 Å². The van der Waals surface area contributed by atoms with E-state index in [4.69, 9.17) is 0 Å². The van der Waals surface area contributed by atoms with E-state index in [2.05, 4.69) is 17.2 Å². The summed E-state index contributed by atoms with van der Waals surface area (Å²) in [5.74, 6) is 1.70. The maximum Gasteiger partial charge on any atom is 0.125 e. The standard InChI is InChI=1S/C9H17N3OS/c1-8(10-5-7-14(3)13)9-11-4-6-12(9)2/h4,6,8,10H,5,7H2,1-3H3. The second-order valence-corrected chi connectivity index (χ2v) is 4.90. The van der Waals surface area contributed by atoms with Gasteiger partial charge in [0.25, 0.3) is 0 Å². The molecule has 1 heterocycles. The lowest BCUT2D eigenvalue weighted by atomic mass is 10.3. The summed E-state index contributed by atoms with van der Waals surface area (Å²) in [4.78, 5) is 4.24. The highest BCUT2D eigenvalue weighted by atomic mass is 32.2. The minimum Gasteiger partial charge on any atom is -0.337 e. The van der Waals surface area contributed by atoms with Crippen molar-refractivity contribution in [2.75, 3.05) is 18.6 Å². The molecule has 2 unspecified atom stereocenters. The summed E-state index contributed by atoms with van der Waals surface area (Å²) in [7, 11) is 1.25. The molecule has 0 aliphatic carbocycles. The zero-order chi connectivity index (χ0) is 10.6. The highest BCUT2D eigenvalue weighted by Crippen LogP contribution is 2.07. The molecule has 0 spiro atoms. The van der Waals surface area contributed by atoms with E-state index in [1.54, 1.807) is 12.5 Å². The highest BCUT2D eigenvalue weighted by molar-refractivity contribution is 7.84. The average Bonchev–Trinajstić information content (AvgIpc) is 2.50. The predicted molar refractivity (Wildman–Crippen MR) is 58.6 cm³/mol. The number of imidazole rings is 1. The highest BCUT2D eigenvalue weighted by Gasteiger charge is 2.08. The van der Waals surface area contributed by atoms with Crippen molar-refractivity contribution in [3.63, 3.8) is 0 Å². The van der Waals surface area contributed by atoms with Crippen molar-refractivity contribution < 1.29 is 4.21 Å². The van der Waals surface area contributed by atoms with Gasteiger partial charge >= 0.3 is 0 Å². The SMILES string of the molecule is CC(NCCS(C)=O)c1nccn1C. The van der Waals surface area contributed by atoms with Gasteiger partial charge in [-0.05, 0) is 6.92 Å². The Balaban J connectivity index is 2.39. The van der Waals surface area contributed by atoms with Crippen LogP contribution in [0.5, 0.6) is 0 Å². The van der Waals surface area contributed by atoms with Crippen LogP contribution in [-0.2, 0) is 17.8 Å². The van der Waals surface area contributed by atoms with E-state index in [-0.39, 0.29) is 6.04 Å². The zero-order valence-corrected chi connectivity index (χ0v) is 9.67. The molecule has 0 bridgehead atoms. The van der Waals surface area contributed by atoms with Crippen LogP contribution in [0, 0.1) is 0 Å². The Kier molecular flexibility index (Phi) is 4.28. The molecule has 0 saturated heterocycles. The van der Waals surface area contributed by atoms with Gasteiger partial charge in [0.05, 0.1) is 6.04 Å². The molecular formula is C9H17N3OS. The molecule has 1 aromatic heterocycles. The molecule has 0 saturated carbocycles. The smallest absolute Gasteiger partial charge is 0.125 e. The monoisotopic (exact) mass is 215 g/mol. The van der Waals surface area contributed by atoms with E-state index < -0.39 is 10.8 Å². The number of hydrogen-bond donors (Lipinski definition) is 1. The predicted octanol–water partition coefficient (Wildman–Crippen LogP) is 0.449. The molecule has 0 radical (unpaired) electrons. The molecule has 1 rings (SSSR count). The first kappa shape index (κ1) is 11.4. The van der Waals surface area contributed by atoms with Crippen molar-refractivity contribution in [2.45, 2.75) is 13.0 Å². The van der Waals surface area contributed by atoms with Crippen molar-refractivity contribution in [1.82, 2.24) is 14.9 Å². The third-order valence-corrected chi connectivity index (χ3v) is 2.86. The van der Waals surface area contributed by atoms with Crippen LogP contribution in [0.3, 0.4) is 0 Å². The van der Waals surface area contributed by atoms with E-state index in [1.165, 1.54) is 0 Å². The summed E-state index contributed by atoms with van der Waals surface area (Å²) in [5.41, 5.74) is 0. The van der Waals surface area contributed by atoms with Crippen molar-refractivity contribution in [3.05, 3.63) is 18.2 Å². The Bertz CT molecular complexity index is 311. The summed E-state index contributed by atoms with van der Waals surface area (Å²) in [5, 5.41) is 3.28. The molecule has 0 aliphatic heterocycles. The van der Waals surface area contributed by atoms with Crippen LogP contribution in [-0.4, -0.2) is 32.3 Å². The van der Waals surface area contributed by atoms with Crippen LogP contribution < -0.4 is 5.32 Å². The largest absolute Gasteiger partial charge is 0.337 e. The molecule has 0 fully saturated rings. The van der Waals surface area contributed by atoms with Crippen LogP contribution in [0.1, 0.15) is 18.8 Å². The second kappa shape index (κ2) is 5.26. The molecule has 4 nitrogen and oxygen atoms in total. The summed E-state index contributed by atoms with van der Waals surface area (Å²) in [6.07, 6.45) is 5.42. The molecule has 1 aromatic rings. The third-order valence-electron chi connectivity index (χ3n) is 2.09. The molecular weight excluding hydrogens is 198 g/mol. The quantitative estimate of drug-likeness (QED) is 0.775. The van der Waals surface area contributed by atoms with Gasteiger partial charge in [0.15, 0.2) is 0 Å². The van der Waals surface area contributed by atoms with Crippen molar-refractivity contribution in [2.24, 2.45) is 7.05 Å². The number of nitrogens with zero attached hydrogens (tertiary/aromatic N) is 2. The van der Waals surface area contributed by atoms with Gasteiger partial charge in [0.1, 0.15) is 5.82 Å². The fourth-order valence-electron chi connectivity index (χ4n) is 1.30. The number of nitrogens with one attached hydrogen (secondary N) is 1. The number of aryl methyl sites for hydroxylation is 1. The Morgan fingerprint density at radius 3 is 2.93 bits per heavy atom. The minimum absolute atomic E-state index is 0.207. The lowest BCUT2D eigenvalue weighted by Crippen LogP contribution is -2.25. The van der Waals surface area contributed by atoms with E-state index >= 15 is 0 Å². The molecule has 0 amide bonds. The molecule has 1 N–H and O–H groups in total. The molecule has 80 valence electrons. The van der Waals surface area contributed by atoms with Crippen LogP contribution in [0.15, 0.2) is 12.4 Å². The second-order valence-electron chi connectivity index (χ2n) is 3.35. The summed E-state index contributed by atoms with van der Waals surface area (Å²) < 4.78 is 12.8. The lowest BCUT2D eigenvalue weighted by Gasteiger charge is -2.12. The lowest BCUT2D eigenvalue weighted by molar-refractivity contribution is 0.548. The minimum atomic E-state index is -0.724. The first-order chi connectivity index (χ1) is 6.61. The van der Waals surface area contributed by atoms with Crippen molar-refractivity contribution in [3.8, 4) is 0 Å². The molecule has 14 heavy (non-hydrogen) atoms. The molecule has 5 heteroatoms. The molecule has 2 atom stereocenters. The van der Waals surface area contributed by atoms with Crippen molar-refractivity contribution in [1.29, 1.82) is 0 Å². The fourth-order valence-corrected chi connectivity index (χ4v) is 1.71. The van der Waals surface area contributed by atoms with Gasteiger partial charge in [-0.1, -0.05) is 0 Å². The maximum atomic E-state index is 10.8. The number of aromatic nitrogens is 2. The molecule has 0 aliphatic rings. The van der Waals surface area contributed by atoms with Crippen LogP contribution in [0.2, 0.25) is 0 Å². The topological polar surface area (TPSA) is 46.9 Å². The van der Waals surface area contributed by atoms with Gasteiger partial charge in [-0.3, -0.25) is 4.21 Å². The first-order valence-corrected chi connectivity index (χ1v) is 6.34. The van der Waals surface area contributed by atoms with Gasteiger partial charge in [-0.15, -0.1) is 0 Å². The van der Waals surface area contributed by atoms with Gasteiger partial charge in [-0.25, -0.2) is 4.98 Å². The normalized spacial score (nSPS) is 15.4. The van der Waals surface area contributed by atoms with Gasteiger partial charge in [-0.2, -0.15) is 0 Å². The Hall–Kier alpha value is -0.680. The molecule has 0 aromatic carbocycles. The van der Waals surface area contributed by atoms with E-state index in [0.29, 0.717) is 5.75 Å². The Morgan fingerprint density at radius 1 is 1.71 bits per heavy atom. The van der Waals surface area contributed by atoms with Gasteiger partial charge in [0.2, 0.25) is 0 Å². The number of rotatable bonds is 5. The van der Waals surface area contributed by atoms with E-state index in [1.807, 2.05) is 17.8 Å². The summed E-state index contributed by atoms with van der Waals surface area (Å²) >= 11 is 0. The Morgan fingerprint density at radius 2 is 2.43 bits per heavy atom.